The summed E-state index contributed by atoms with van der Waals surface area (Å²) in [5, 5.41) is 9.61. The molecule has 24 heavy (non-hydrogen) atoms. The molecule has 130 valence electrons. The summed E-state index contributed by atoms with van der Waals surface area (Å²) in [4.78, 5) is 8.65. The highest BCUT2D eigenvalue weighted by atomic mass is 127. The van der Waals surface area contributed by atoms with E-state index in [2.05, 4.69) is 36.5 Å². The van der Waals surface area contributed by atoms with Gasteiger partial charge in [-0.15, -0.1) is 35.3 Å². The number of aliphatic imine (C=N–C) groups is 1. The zero-order valence-corrected chi connectivity index (χ0v) is 18.0. The third-order valence-electron chi connectivity index (χ3n) is 3.24. The van der Waals surface area contributed by atoms with E-state index in [0.29, 0.717) is 13.1 Å². The van der Waals surface area contributed by atoms with Crippen molar-refractivity contribution >= 4 is 57.2 Å². The van der Waals surface area contributed by atoms with Crippen molar-refractivity contribution in [3.8, 4) is 11.5 Å². The predicted octanol–water partition coefficient (Wildman–Crippen LogP) is 3.43. The Hall–Kier alpha value is -1.07. The van der Waals surface area contributed by atoms with Crippen molar-refractivity contribution in [3.63, 3.8) is 0 Å². The van der Waals surface area contributed by atoms with E-state index in [1.54, 1.807) is 18.4 Å². The van der Waals surface area contributed by atoms with E-state index < -0.39 is 0 Å². The van der Waals surface area contributed by atoms with Gasteiger partial charge in [0.05, 0.1) is 11.0 Å². The van der Waals surface area contributed by atoms with Crippen molar-refractivity contribution in [2.75, 3.05) is 13.8 Å². The van der Waals surface area contributed by atoms with Crippen LogP contribution in [-0.2, 0) is 13.1 Å². The van der Waals surface area contributed by atoms with Gasteiger partial charge in [-0.1, -0.05) is 0 Å². The summed E-state index contributed by atoms with van der Waals surface area (Å²) in [6.45, 7) is 3.54. The second-order valence-electron chi connectivity index (χ2n) is 4.97. The van der Waals surface area contributed by atoms with Crippen molar-refractivity contribution in [1.29, 1.82) is 0 Å². The first kappa shape index (κ1) is 19.3. The Morgan fingerprint density at radius 2 is 2.12 bits per heavy atom. The first-order valence-electron chi connectivity index (χ1n) is 7.09. The molecule has 0 saturated heterocycles. The molecule has 0 atom stereocenters. The average Bonchev–Trinajstić information content (AvgIpc) is 3.16. The molecule has 6 nitrogen and oxygen atoms in total. The van der Waals surface area contributed by atoms with E-state index in [9.17, 15) is 0 Å². The fourth-order valence-electron chi connectivity index (χ4n) is 2.17. The van der Waals surface area contributed by atoms with Crippen molar-refractivity contribution in [2.24, 2.45) is 4.99 Å². The first-order chi connectivity index (χ1) is 11.2. The van der Waals surface area contributed by atoms with E-state index in [0.717, 1.165) is 38.2 Å². The highest BCUT2D eigenvalue weighted by Gasteiger charge is 2.17. The number of ether oxygens (including phenoxy) is 2. The molecule has 0 saturated carbocycles. The lowest BCUT2D eigenvalue weighted by Gasteiger charge is -2.11. The minimum absolute atomic E-state index is 0. The van der Waals surface area contributed by atoms with Gasteiger partial charge in [-0.05, 0) is 40.5 Å². The van der Waals surface area contributed by atoms with Gasteiger partial charge < -0.3 is 20.1 Å². The normalized spacial score (nSPS) is 12.7. The van der Waals surface area contributed by atoms with Crippen LogP contribution in [0.3, 0.4) is 0 Å². The SMILES string of the molecule is CN=C(NCc1cc(Br)c2c(c1)OCO2)NCc1nc(C)cs1.I. The summed E-state index contributed by atoms with van der Waals surface area (Å²) in [7, 11) is 1.75. The maximum Gasteiger partial charge on any atom is 0.231 e. The largest absolute Gasteiger partial charge is 0.454 e. The summed E-state index contributed by atoms with van der Waals surface area (Å²) < 4.78 is 11.7. The van der Waals surface area contributed by atoms with Gasteiger partial charge in [0.25, 0.3) is 0 Å². The standard InChI is InChI=1S/C15H17BrN4O2S.HI/c1-9-7-23-13(20-9)6-19-15(17-2)18-5-10-3-11(16)14-12(4-10)21-8-22-14;/h3-4,7H,5-6,8H2,1-2H3,(H2,17,18,19);1H. The van der Waals surface area contributed by atoms with E-state index in [-0.39, 0.29) is 30.8 Å². The monoisotopic (exact) mass is 524 g/mol. The van der Waals surface area contributed by atoms with Gasteiger partial charge in [0.1, 0.15) is 5.01 Å². The first-order valence-corrected chi connectivity index (χ1v) is 8.76. The number of fused-ring (bicyclic) bond motifs is 1. The maximum absolute atomic E-state index is 5.43. The summed E-state index contributed by atoms with van der Waals surface area (Å²) in [6, 6.07) is 3.98. The number of hydrogen-bond donors (Lipinski definition) is 2. The molecule has 3 rings (SSSR count). The van der Waals surface area contributed by atoms with Crippen LogP contribution in [0.5, 0.6) is 11.5 Å². The quantitative estimate of drug-likeness (QED) is 0.364. The number of aromatic nitrogens is 1. The molecule has 0 aliphatic carbocycles. The fourth-order valence-corrected chi connectivity index (χ4v) is 3.49. The molecule has 1 aromatic carbocycles. The lowest BCUT2D eigenvalue weighted by Crippen LogP contribution is -2.36. The third kappa shape index (κ3) is 4.73. The number of rotatable bonds is 4. The maximum atomic E-state index is 5.43. The Morgan fingerprint density at radius 3 is 2.83 bits per heavy atom. The zero-order valence-electron chi connectivity index (χ0n) is 13.3. The fraction of sp³-hybridized carbons (Fsp3) is 0.333. The Bertz CT molecular complexity index is 738. The Labute approximate surface area is 170 Å². The molecule has 2 aromatic rings. The van der Waals surface area contributed by atoms with Gasteiger partial charge in [0.15, 0.2) is 17.5 Å². The van der Waals surface area contributed by atoms with Crippen LogP contribution in [0.4, 0.5) is 0 Å². The van der Waals surface area contributed by atoms with Crippen LogP contribution >= 0.6 is 51.2 Å². The number of benzene rings is 1. The molecule has 2 heterocycles. The zero-order chi connectivity index (χ0) is 16.2. The topological polar surface area (TPSA) is 67.8 Å². The Balaban J connectivity index is 0.00000208. The van der Waals surface area contributed by atoms with E-state index in [1.807, 2.05) is 24.4 Å². The van der Waals surface area contributed by atoms with Gasteiger partial charge in [-0.25, -0.2) is 4.98 Å². The van der Waals surface area contributed by atoms with E-state index >= 15 is 0 Å². The molecule has 1 aliphatic heterocycles. The molecule has 0 radical (unpaired) electrons. The summed E-state index contributed by atoms with van der Waals surface area (Å²) >= 11 is 5.14. The van der Waals surface area contributed by atoms with Crippen LogP contribution in [-0.4, -0.2) is 24.8 Å². The van der Waals surface area contributed by atoms with E-state index in [4.69, 9.17) is 9.47 Å². The smallest absolute Gasteiger partial charge is 0.231 e. The van der Waals surface area contributed by atoms with Crippen LogP contribution in [0.1, 0.15) is 16.3 Å². The van der Waals surface area contributed by atoms with Crippen molar-refractivity contribution in [3.05, 3.63) is 38.3 Å². The summed E-state index contributed by atoms with van der Waals surface area (Å²) in [5.74, 6) is 2.25. The van der Waals surface area contributed by atoms with Crippen molar-refractivity contribution in [2.45, 2.75) is 20.0 Å². The highest BCUT2D eigenvalue weighted by molar-refractivity contribution is 14.0. The third-order valence-corrected chi connectivity index (χ3v) is 4.80. The number of nitrogens with one attached hydrogen (secondary N) is 2. The molecule has 1 aliphatic rings. The Morgan fingerprint density at radius 1 is 1.33 bits per heavy atom. The number of thiazole rings is 1. The van der Waals surface area contributed by atoms with E-state index in [1.165, 1.54) is 0 Å². The molecule has 0 fully saturated rings. The number of aryl methyl sites for hydroxylation is 1. The van der Waals surface area contributed by atoms with Gasteiger partial charge in [-0.2, -0.15) is 0 Å². The molecule has 9 heteroatoms. The summed E-state index contributed by atoms with van der Waals surface area (Å²) in [5.41, 5.74) is 2.12. The van der Waals surface area contributed by atoms with Crippen molar-refractivity contribution < 1.29 is 9.47 Å². The molecular weight excluding hydrogens is 507 g/mol. The number of guanidine groups is 1. The molecule has 0 amide bonds. The van der Waals surface area contributed by atoms with Gasteiger partial charge >= 0.3 is 0 Å². The minimum Gasteiger partial charge on any atom is -0.454 e. The lowest BCUT2D eigenvalue weighted by atomic mass is 10.2. The predicted molar refractivity (Wildman–Crippen MR) is 110 cm³/mol. The van der Waals surface area contributed by atoms with Crippen LogP contribution in [0.25, 0.3) is 0 Å². The van der Waals surface area contributed by atoms with Gasteiger partial charge in [-0.3, -0.25) is 4.99 Å². The highest BCUT2D eigenvalue weighted by Crippen LogP contribution is 2.39. The molecular formula is C15H18BrIN4O2S. The second-order valence-corrected chi connectivity index (χ2v) is 6.77. The van der Waals surface area contributed by atoms with Crippen LogP contribution in [0.15, 0.2) is 27.0 Å². The van der Waals surface area contributed by atoms with Gasteiger partial charge in [0, 0.05) is 24.7 Å². The van der Waals surface area contributed by atoms with Crippen molar-refractivity contribution in [1.82, 2.24) is 15.6 Å². The molecule has 2 N–H and O–H groups in total. The number of hydrogen-bond acceptors (Lipinski definition) is 5. The number of nitrogens with zero attached hydrogens (tertiary/aromatic N) is 2. The second kappa shape index (κ2) is 8.86. The van der Waals surface area contributed by atoms with Crippen LogP contribution in [0, 0.1) is 6.92 Å². The van der Waals surface area contributed by atoms with Crippen LogP contribution < -0.4 is 20.1 Å². The average molecular weight is 525 g/mol. The molecule has 1 aromatic heterocycles. The minimum atomic E-state index is 0. The summed E-state index contributed by atoms with van der Waals surface area (Å²) in [6.07, 6.45) is 0. The molecule has 0 bridgehead atoms. The number of halogens is 2. The van der Waals surface area contributed by atoms with Gasteiger partial charge in [0.2, 0.25) is 6.79 Å². The molecule has 0 unspecified atom stereocenters. The Kier molecular flexibility index (Phi) is 7.11. The molecule has 0 spiro atoms. The van der Waals surface area contributed by atoms with Crippen LogP contribution in [0.2, 0.25) is 0 Å². The lowest BCUT2D eigenvalue weighted by molar-refractivity contribution is 0.173.